The Morgan fingerprint density at radius 2 is 1.96 bits per heavy atom. The number of aliphatic imine (C=N–C) groups is 1. The maximum absolute atomic E-state index is 6.02. The fraction of sp³-hybridized carbons (Fsp3) is 0.682. The van der Waals surface area contributed by atoms with E-state index in [4.69, 9.17) is 26.1 Å². The molecular formula is C22H34ClN3O2. The van der Waals surface area contributed by atoms with Crippen LogP contribution >= 0.6 is 11.6 Å². The number of rotatable bonds is 10. The summed E-state index contributed by atoms with van der Waals surface area (Å²) in [6.45, 7) is 8.06. The predicted molar refractivity (Wildman–Crippen MR) is 115 cm³/mol. The lowest BCUT2D eigenvalue weighted by Gasteiger charge is -2.21. The van der Waals surface area contributed by atoms with Gasteiger partial charge in [0.25, 0.3) is 0 Å². The molecule has 0 aromatic heterocycles. The monoisotopic (exact) mass is 407 g/mol. The van der Waals surface area contributed by atoms with Crippen molar-refractivity contribution in [3.8, 4) is 0 Å². The van der Waals surface area contributed by atoms with Crippen molar-refractivity contribution in [2.24, 2.45) is 10.9 Å². The van der Waals surface area contributed by atoms with Gasteiger partial charge in [-0.1, -0.05) is 23.7 Å². The van der Waals surface area contributed by atoms with E-state index >= 15 is 0 Å². The van der Waals surface area contributed by atoms with Crippen LogP contribution in [0.15, 0.2) is 29.3 Å². The van der Waals surface area contributed by atoms with Crippen LogP contribution in [0.3, 0.4) is 0 Å². The first kappa shape index (κ1) is 21.4. The van der Waals surface area contributed by atoms with E-state index in [1.54, 1.807) is 0 Å². The lowest BCUT2D eigenvalue weighted by molar-refractivity contribution is 0.0203. The second kappa shape index (κ2) is 11.0. The zero-order chi connectivity index (χ0) is 19.7. The molecule has 1 aliphatic carbocycles. The van der Waals surface area contributed by atoms with Gasteiger partial charge in [-0.3, -0.25) is 4.99 Å². The highest BCUT2D eigenvalue weighted by molar-refractivity contribution is 6.30. The first-order valence-corrected chi connectivity index (χ1v) is 11.0. The van der Waals surface area contributed by atoms with Crippen molar-refractivity contribution < 1.29 is 9.47 Å². The molecule has 2 fully saturated rings. The summed E-state index contributed by atoms with van der Waals surface area (Å²) in [7, 11) is 0. The van der Waals surface area contributed by atoms with Crippen LogP contribution in [0.5, 0.6) is 0 Å². The van der Waals surface area contributed by atoms with Crippen molar-refractivity contribution in [1.29, 1.82) is 0 Å². The third-order valence-corrected chi connectivity index (χ3v) is 5.90. The molecule has 0 bridgehead atoms. The largest absolute Gasteiger partial charge is 0.381 e. The highest BCUT2D eigenvalue weighted by Crippen LogP contribution is 2.48. The Kier molecular flexibility index (Phi) is 8.44. The third kappa shape index (κ3) is 6.64. The third-order valence-electron chi connectivity index (χ3n) is 5.65. The minimum atomic E-state index is 0.194. The van der Waals surface area contributed by atoms with Gasteiger partial charge in [0.2, 0.25) is 0 Å². The Balaban J connectivity index is 1.37. The maximum atomic E-state index is 6.02. The molecule has 1 heterocycles. The van der Waals surface area contributed by atoms with E-state index in [0.29, 0.717) is 5.92 Å². The standard InChI is InChI=1S/C22H34ClN3O2/c1-2-24-21(25-12-3-13-28-16-18-8-14-27-15-9-18)26-17-22(10-11-22)19-4-6-20(23)7-5-19/h4-7,18H,2-3,8-17H2,1H3,(H2,24,25,26). The molecule has 156 valence electrons. The Bertz CT molecular complexity index is 611. The van der Waals surface area contributed by atoms with Gasteiger partial charge in [-0.2, -0.15) is 0 Å². The Morgan fingerprint density at radius 1 is 1.21 bits per heavy atom. The molecule has 2 aliphatic rings. The zero-order valence-electron chi connectivity index (χ0n) is 17.0. The van der Waals surface area contributed by atoms with Gasteiger partial charge in [-0.25, -0.2) is 0 Å². The molecule has 0 unspecified atom stereocenters. The highest BCUT2D eigenvalue weighted by atomic mass is 35.5. The quantitative estimate of drug-likeness (QED) is 0.352. The second-order valence-corrected chi connectivity index (χ2v) is 8.33. The molecule has 3 rings (SSSR count). The number of nitrogens with one attached hydrogen (secondary N) is 2. The average Bonchev–Trinajstić information content (AvgIpc) is 3.51. The van der Waals surface area contributed by atoms with Gasteiger partial charge < -0.3 is 20.1 Å². The number of hydrogen-bond acceptors (Lipinski definition) is 3. The van der Waals surface area contributed by atoms with Gasteiger partial charge in [0, 0.05) is 50.0 Å². The molecule has 0 radical (unpaired) electrons. The summed E-state index contributed by atoms with van der Waals surface area (Å²) in [5.41, 5.74) is 1.54. The van der Waals surface area contributed by atoms with Gasteiger partial charge in [0.1, 0.15) is 0 Å². The lowest BCUT2D eigenvalue weighted by Crippen LogP contribution is -2.38. The molecule has 1 saturated heterocycles. The van der Waals surface area contributed by atoms with Crippen LogP contribution in [0.25, 0.3) is 0 Å². The number of benzene rings is 1. The Labute approximate surface area is 174 Å². The molecule has 0 amide bonds. The summed E-state index contributed by atoms with van der Waals surface area (Å²) >= 11 is 6.02. The van der Waals surface area contributed by atoms with Crippen LogP contribution in [0.4, 0.5) is 0 Å². The van der Waals surface area contributed by atoms with Crippen molar-refractivity contribution in [2.75, 3.05) is 46.1 Å². The fourth-order valence-electron chi connectivity index (χ4n) is 3.61. The molecule has 6 heteroatoms. The van der Waals surface area contributed by atoms with Crippen LogP contribution in [0.1, 0.15) is 44.6 Å². The topological polar surface area (TPSA) is 54.9 Å². The van der Waals surface area contributed by atoms with Crippen LogP contribution in [0, 0.1) is 5.92 Å². The number of halogens is 1. The molecule has 0 atom stereocenters. The van der Waals surface area contributed by atoms with Crippen molar-refractivity contribution >= 4 is 17.6 Å². The zero-order valence-corrected chi connectivity index (χ0v) is 17.8. The van der Waals surface area contributed by atoms with E-state index in [1.165, 1.54) is 18.4 Å². The SMILES string of the molecule is CCNC(=NCC1(c2ccc(Cl)cc2)CC1)NCCCOCC1CCOCC1. The van der Waals surface area contributed by atoms with Crippen LogP contribution in [0.2, 0.25) is 5.02 Å². The second-order valence-electron chi connectivity index (χ2n) is 7.89. The summed E-state index contributed by atoms with van der Waals surface area (Å²) in [6.07, 6.45) is 5.63. The summed E-state index contributed by atoms with van der Waals surface area (Å²) in [4.78, 5) is 4.84. The van der Waals surface area contributed by atoms with E-state index in [-0.39, 0.29) is 5.41 Å². The van der Waals surface area contributed by atoms with Gasteiger partial charge in [0.05, 0.1) is 6.54 Å². The molecule has 1 saturated carbocycles. The number of hydrogen-bond donors (Lipinski definition) is 2. The van der Waals surface area contributed by atoms with E-state index < -0.39 is 0 Å². The van der Waals surface area contributed by atoms with E-state index in [0.717, 1.165) is 76.3 Å². The van der Waals surface area contributed by atoms with Crippen molar-refractivity contribution in [2.45, 2.75) is 44.4 Å². The van der Waals surface area contributed by atoms with Gasteiger partial charge >= 0.3 is 0 Å². The first-order valence-electron chi connectivity index (χ1n) is 10.7. The van der Waals surface area contributed by atoms with Gasteiger partial charge in [-0.05, 0) is 62.6 Å². The van der Waals surface area contributed by atoms with Gasteiger partial charge in [0.15, 0.2) is 5.96 Å². The summed E-state index contributed by atoms with van der Waals surface area (Å²) in [5, 5.41) is 7.58. The molecule has 1 aliphatic heterocycles. The number of nitrogens with zero attached hydrogens (tertiary/aromatic N) is 1. The predicted octanol–water partition coefficient (Wildman–Crippen LogP) is 3.76. The smallest absolute Gasteiger partial charge is 0.191 e. The minimum absolute atomic E-state index is 0.194. The summed E-state index contributed by atoms with van der Waals surface area (Å²) < 4.78 is 11.2. The minimum Gasteiger partial charge on any atom is -0.381 e. The van der Waals surface area contributed by atoms with Crippen molar-refractivity contribution in [3.63, 3.8) is 0 Å². The molecule has 2 N–H and O–H groups in total. The Hall–Kier alpha value is -1.30. The molecule has 28 heavy (non-hydrogen) atoms. The van der Waals surface area contributed by atoms with E-state index in [9.17, 15) is 0 Å². The van der Waals surface area contributed by atoms with Crippen LogP contribution < -0.4 is 10.6 Å². The Morgan fingerprint density at radius 3 is 2.64 bits per heavy atom. The number of guanidine groups is 1. The lowest BCUT2D eigenvalue weighted by atomic mass is 9.96. The molecular weight excluding hydrogens is 374 g/mol. The normalized spacial score (nSPS) is 19.4. The van der Waals surface area contributed by atoms with Crippen LogP contribution in [-0.4, -0.2) is 52.0 Å². The first-order chi connectivity index (χ1) is 13.7. The van der Waals surface area contributed by atoms with Gasteiger partial charge in [-0.15, -0.1) is 0 Å². The highest BCUT2D eigenvalue weighted by Gasteiger charge is 2.44. The van der Waals surface area contributed by atoms with E-state index in [2.05, 4.69) is 29.7 Å². The van der Waals surface area contributed by atoms with Crippen molar-refractivity contribution in [1.82, 2.24) is 10.6 Å². The number of ether oxygens (including phenoxy) is 2. The molecule has 0 spiro atoms. The van der Waals surface area contributed by atoms with Crippen LogP contribution in [-0.2, 0) is 14.9 Å². The molecule has 1 aromatic rings. The fourth-order valence-corrected chi connectivity index (χ4v) is 3.73. The summed E-state index contributed by atoms with van der Waals surface area (Å²) in [6, 6.07) is 8.23. The maximum Gasteiger partial charge on any atom is 0.191 e. The molecule has 5 nitrogen and oxygen atoms in total. The molecule has 1 aromatic carbocycles. The summed E-state index contributed by atoms with van der Waals surface area (Å²) in [5.74, 6) is 1.57. The average molecular weight is 408 g/mol. The van der Waals surface area contributed by atoms with Crippen molar-refractivity contribution in [3.05, 3.63) is 34.9 Å². The van der Waals surface area contributed by atoms with E-state index in [1.807, 2.05) is 12.1 Å².